The standard InChI is InChI=1S/C28H33F3N6O5S/c29-28(30,31)16-1-2-17(32-11-16)12-33-19-7-24-22-10-27(22,9-19)37(24)43(39,40)36-20-3-4-21(36)6-18(5-20)34-26(38)23-8-25(42-35-23)15-13-41-14-15/h1-2,8,11,15,18-22,24,33H,3-7,9-10,12-14H2,(H,34,38)/t18?,19-,20-,21+,22?,24?,27-/m1/s1. The van der Waals surface area contributed by atoms with E-state index in [2.05, 4.69) is 20.8 Å². The minimum Gasteiger partial charge on any atom is -0.380 e. The molecule has 5 aliphatic heterocycles. The minimum atomic E-state index is -4.42. The molecule has 0 aromatic carbocycles. The molecule has 9 rings (SSSR count). The summed E-state index contributed by atoms with van der Waals surface area (Å²) in [5, 5.41) is 10.4. The summed E-state index contributed by atoms with van der Waals surface area (Å²) < 4.78 is 80.8. The average Bonchev–Trinajstić information content (AvgIpc) is 3.18. The van der Waals surface area contributed by atoms with E-state index < -0.39 is 21.9 Å². The van der Waals surface area contributed by atoms with Crippen molar-refractivity contribution in [2.24, 2.45) is 5.92 Å². The van der Waals surface area contributed by atoms with E-state index in [4.69, 9.17) is 9.26 Å². The molecule has 3 unspecified atom stereocenters. The van der Waals surface area contributed by atoms with E-state index in [0.717, 1.165) is 31.5 Å². The number of amides is 1. The fraction of sp³-hybridized carbons (Fsp3) is 0.679. The number of aromatic nitrogens is 2. The third kappa shape index (κ3) is 4.52. The van der Waals surface area contributed by atoms with Crippen LogP contribution in [0.25, 0.3) is 0 Å². The van der Waals surface area contributed by atoms with Gasteiger partial charge < -0.3 is 19.9 Å². The lowest BCUT2D eigenvalue weighted by molar-refractivity contribution is -0.137. The molecule has 5 saturated heterocycles. The topological polar surface area (TPSA) is 130 Å². The highest BCUT2D eigenvalue weighted by molar-refractivity contribution is 7.87. The molecule has 1 amide bonds. The van der Waals surface area contributed by atoms with Crippen LogP contribution in [0.15, 0.2) is 28.9 Å². The third-order valence-electron chi connectivity index (χ3n) is 10.5. The van der Waals surface area contributed by atoms with Crippen LogP contribution in [0.4, 0.5) is 13.2 Å². The zero-order chi connectivity index (χ0) is 29.7. The molecule has 2 aromatic heterocycles. The van der Waals surface area contributed by atoms with Gasteiger partial charge >= 0.3 is 6.18 Å². The number of halogens is 3. The summed E-state index contributed by atoms with van der Waals surface area (Å²) in [4.78, 5) is 16.8. The Balaban J connectivity index is 0.884. The van der Waals surface area contributed by atoms with Gasteiger partial charge in [-0.05, 0) is 63.0 Å². The monoisotopic (exact) mass is 622 g/mol. The highest BCUT2D eigenvalue weighted by Crippen LogP contribution is 2.70. The maximum Gasteiger partial charge on any atom is 0.417 e. The van der Waals surface area contributed by atoms with Crippen molar-refractivity contribution >= 4 is 16.1 Å². The number of alkyl halides is 3. The van der Waals surface area contributed by atoms with Gasteiger partial charge in [-0.1, -0.05) is 5.16 Å². The number of hydrogen-bond donors (Lipinski definition) is 2. The zero-order valence-corrected chi connectivity index (χ0v) is 24.1. The van der Waals surface area contributed by atoms with Crippen molar-refractivity contribution in [2.45, 2.75) is 99.3 Å². The number of piperidine rings is 2. The number of rotatable bonds is 8. The molecule has 11 nitrogen and oxygen atoms in total. The summed E-state index contributed by atoms with van der Waals surface area (Å²) in [5.74, 6) is 0.840. The number of nitrogens with one attached hydrogen (secondary N) is 2. The van der Waals surface area contributed by atoms with Gasteiger partial charge in [0.25, 0.3) is 16.1 Å². The van der Waals surface area contributed by atoms with E-state index >= 15 is 0 Å². The number of hydrogen-bond acceptors (Lipinski definition) is 8. The Hall–Kier alpha value is -2.59. The first-order valence-corrected chi connectivity index (χ1v) is 16.4. The Morgan fingerprint density at radius 3 is 2.49 bits per heavy atom. The predicted molar refractivity (Wildman–Crippen MR) is 144 cm³/mol. The van der Waals surface area contributed by atoms with Crippen molar-refractivity contribution in [1.29, 1.82) is 0 Å². The molecule has 2 aromatic rings. The summed E-state index contributed by atoms with van der Waals surface area (Å²) in [5.41, 5.74) is -0.396. The molecule has 7 heterocycles. The molecule has 2 saturated carbocycles. The number of carbonyl (C=O) groups is 1. The van der Waals surface area contributed by atoms with Crippen molar-refractivity contribution in [3.8, 4) is 0 Å². The van der Waals surface area contributed by atoms with Gasteiger partial charge in [-0.3, -0.25) is 9.78 Å². The van der Waals surface area contributed by atoms with Crippen molar-refractivity contribution < 1.29 is 35.6 Å². The van der Waals surface area contributed by atoms with Crippen LogP contribution in [0.2, 0.25) is 0 Å². The van der Waals surface area contributed by atoms with Crippen LogP contribution in [-0.2, 0) is 27.7 Å². The van der Waals surface area contributed by atoms with Crippen molar-refractivity contribution in [1.82, 2.24) is 29.4 Å². The Kier molecular flexibility index (Phi) is 6.30. The molecule has 1 spiro atoms. The summed E-state index contributed by atoms with van der Waals surface area (Å²) in [6.45, 7) is 1.45. The summed E-state index contributed by atoms with van der Waals surface area (Å²) in [6, 6.07) is 3.61. The largest absolute Gasteiger partial charge is 0.417 e. The number of ether oxygens (including phenoxy) is 1. The van der Waals surface area contributed by atoms with Crippen LogP contribution in [0, 0.1) is 5.92 Å². The lowest BCUT2D eigenvalue weighted by atomic mass is 9.79. The van der Waals surface area contributed by atoms with Crippen molar-refractivity contribution in [2.75, 3.05) is 13.2 Å². The lowest BCUT2D eigenvalue weighted by Crippen LogP contribution is -2.70. The molecule has 7 aliphatic rings. The Morgan fingerprint density at radius 1 is 1.09 bits per heavy atom. The number of nitrogens with zero attached hydrogens (tertiary/aromatic N) is 4. The summed E-state index contributed by atoms with van der Waals surface area (Å²) in [7, 11) is -3.69. The van der Waals surface area contributed by atoms with Gasteiger partial charge in [-0.25, -0.2) is 0 Å². The van der Waals surface area contributed by atoms with Gasteiger partial charge in [0.2, 0.25) is 0 Å². The molecule has 232 valence electrons. The molecule has 0 radical (unpaired) electrons. The van der Waals surface area contributed by atoms with E-state index in [1.54, 1.807) is 14.7 Å². The molecule has 15 heteroatoms. The SMILES string of the molecule is O=C(NC1C[C@H]2CC[C@@H](C1)N2S(=O)(=O)N1C2C[C@@H](NCc3ccc(C(F)(F)F)cn3)C[C@]13CC23)c1cc(C2COC2)on1. The van der Waals surface area contributed by atoms with Crippen LogP contribution in [0.5, 0.6) is 0 Å². The molecule has 2 N–H and O–H groups in total. The van der Waals surface area contributed by atoms with Crippen LogP contribution < -0.4 is 10.6 Å². The highest BCUT2D eigenvalue weighted by Gasteiger charge is 2.79. The van der Waals surface area contributed by atoms with Gasteiger partial charge in [0.15, 0.2) is 5.69 Å². The molecular weight excluding hydrogens is 589 g/mol. The Labute approximate surface area is 246 Å². The Morgan fingerprint density at radius 2 is 1.86 bits per heavy atom. The lowest BCUT2D eigenvalue weighted by Gasteiger charge is -2.56. The number of carbonyl (C=O) groups excluding carboxylic acids is 1. The van der Waals surface area contributed by atoms with Gasteiger partial charge in [-0.2, -0.15) is 30.2 Å². The van der Waals surface area contributed by atoms with Crippen LogP contribution >= 0.6 is 0 Å². The highest BCUT2D eigenvalue weighted by atomic mass is 32.2. The average molecular weight is 623 g/mol. The smallest absolute Gasteiger partial charge is 0.380 e. The normalized spacial score (nSPS) is 35.6. The first kappa shape index (κ1) is 27.9. The zero-order valence-electron chi connectivity index (χ0n) is 23.3. The second-order valence-corrected chi connectivity index (χ2v) is 14.8. The van der Waals surface area contributed by atoms with E-state index in [0.29, 0.717) is 62.8 Å². The Bertz CT molecular complexity index is 1520. The number of fused-ring (bicyclic) bond motifs is 4. The van der Waals surface area contributed by atoms with Gasteiger partial charge in [0.05, 0.1) is 30.4 Å². The first-order valence-electron chi connectivity index (χ1n) is 15.0. The first-order chi connectivity index (χ1) is 20.5. The van der Waals surface area contributed by atoms with E-state index in [1.807, 2.05) is 0 Å². The van der Waals surface area contributed by atoms with E-state index in [1.165, 1.54) is 6.07 Å². The van der Waals surface area contributed by atoms with Crippen molar-refractivity contribution in [3.05, 3.63) is 47.1 Å². The van der Waals surface area contributed by atoms with Gasteiger partial charge in [0.1, 0.15) is 5.76 Å². The summed E-state index contributed by atoms with van der Waals surface area (Å²) in [6.07, 6.45) is 1.28. The van der Waals surface area contributed by atoms with Crippen LogP contribution in [0.3, 0.4) is 0 Å². The number of pyridine rings is 1. The van der Waals surface area contributed by atoms with E-state index in [-0.39, 0.29) is 53.3 Å². The van der Waals surface area contributed by atoms with Gasteiger partial charge in [-0.15, -0.1) is 0 Å². The molecule has 4 bridgehead atoms. The second kappa shape index (κ2) is 9.70. The predicted octanol–water partition coefficient (Wildman–Crippen LogP) is 2.57. The maximum atomic E-state index is 14.1. The van der Waals surface area contributed by atoms with Crippen LogP contribution in [0.1, 0.15) is 78.4 Å². The van der Waals surface area contributed by atoms with Gasteiger partial charge in [0, 0.05) is 54.6 Å². The fourth-order valence-electron chi connectivity index (χ4n) is 8.35. The molecular formula is C28H33F3N6O5S. The third-order valence-corrected chi connectivity index (χ3v) is 12.7. The maximum absolute atomic E-state index is 14.1. The quantitative estimate of drug-likeness (QED) is 0.460. The molecule has 7 fully saturated rings. The molecule has 2 aliphatic carbocycles. The second-order valence-electron chi connectivity index (χ2n) is 13.0. The van der Waals surface area contributed by atoms with E-state index in [9.17, 15) is 26.4 Å². The fourth-order valence-corrected chi connectivity index (χ4v) is 11.0. The van der Waals surface area contributed by atoms with Crippen molar-refractivity contribution in [3.63, 3.8) is 0 Å². The summed E-state index contributed by atoms with van der Waals surface area (Å²) >= 11 is 0. The molecule has 43 heavy (non-hydrogen) atoms. The molecule has 7 atom stereocenters. The minimum absolute atomic E-state index is 0.0731. The van der Waals surface area contributed by atoms with Crippen LogP contribution in [-0.4, -0.2) is 82.0 Å².